The van der Waals surface area contributed by atoms with Crippen LogP contribution in [0.5, 0.6) is 5.75 Å². The lowest BCUT2D eigenvalue weighted by atomic mass is 10.2. The number of rotatable bonds is 8. The molecule has 0 fully saturated rings. The highest BCUT2D eigenvalue weighted by atomic mass is 32.2. The smallest absolute Gasteiger partial charge is 0.126 e. The highest BCUT2D eigenvalue weighted by molar-refractivity contribution is 8.17. The van der Waals surface area contributed by atoms with E-state index in [1.54, 1.807) is 0 Å². The van der Waals surface area contributed by atoms with Crippen LogP contribution in [0, 0.1) is 0 Å². The highest BCUT2D eigenvalue weighted by Gasteiger charge is 2.14. The second-order valence-corrected chi connectivity index (χ2v) is 8.49. The maximum absolute atomic E-state index is 6.20. The van der Waals surface area contributed by atoms with E-state index in [0.717, 1.165) is 11.3 Å². The average Bonchev–Trinajstić information content (AvgIpc) is 2.69. The Labute approximate surface area is 164 Å². The fourth-order valence-electron chi connectivity index (χ4n) is 2.48. The average molecular weight is 379 g/mol. The van der Waals surface area contributed by atoms with Crippen LogP contribution in [0.15, 0.2) is 101 Å². The molecular formula is C23H22OS2. The summed E-state index contributed by atoms with van der Waals surface area (Å²) in [6.07, 6.45) is 4.12. The Hall–Kier alpha value is -2.10. The lowest BCUT2D eigenvalue weighted by Gasteiger charge is -2.18. The number of para-hydroxylation sites is 1. The summed E-state index contributed by atoms with van der Waals surface area (Å²) in [5.74, 6) is 0.929. The van der Waals surface area contributed by atoms with Gasteiger partial charge in [-0.15, -0.1) is 23.5 Å². The number of thioether (sulfide) groups is 2. The van der Waals surface area contributed by atoms with Gasteiger partial charge in [0.05, 0.1) is 4.58 Å². The van der Waals surface area contributed by atoms with Crippen molar-refractivity contribution in [3.63, 3.8) is 0 Å². The second kappa shape index (κ2) is 10.1. The van der Waals surface area contributed by atoms with E-state index in [1.165, 1.54) is 9.79 Å². The van der Waals surface area contributed by atoms with Crippen LogP contribution in [-0.2, 0) is 0 Å². The molecule has 0 aliphatic rings. The van der Waals surface area contributed by atoms with Crippen molar-refractivity contribution >= 4 is 29.6 Å². The van der Waals surface area contributed by atoms with E-state index < -0.39 is 0 Å². The van der Waals surface area contributed by atoms with Gasteiger partial charge < -0.3 is 4.74 Å². The standard InChI is InChI=1S/C23H22OS2/c1-2-11-19-12-9-10-17-22(19)24-18-23(25-20-13-5-3-6-14-20)26-21-15-7-4-8-16-21/h2-17,23H,18H2,1H3/b11-2+. The van der Waals surface area contributed by atoms with Crippen molar-refractivity contribution in [1.82, 2.24) is 0 Å². The van der Waals surface area contributed by atoms with Gasteiger partial charge in [0.15, 0.2) is 0 Å². The fraction of sp³-hybridized carbons (Fsp3) is 0.130. The summed E-state index contributed by atoms with van der Waals surface area (Å²) < 4.78 is 6.47. The van der Waals surface area contributed by atoms with Gasteiger partial charge in [0.2, 0.25) is 0 Å². The van der Waals surface area contributed by atoms with E-state index >= 15 is 0 Å². The Balaban J connectivity index is 1.73. The Kier molecular flexibility index (Phi) is 7.29. The number of benzene rings is 3. The van der Waals surface area contributed by atoms with Gasteiger partial charge in [-0.1, -0.05) is 66.7 Å². The van der Waals surface area contributed by atoms with Crippen LogP contribution in [0.25, 0.3) is 6.08 Å². The second-order valence-electron chi connectivity index (χ2n) is 5.64. The van der Waals surface area contributed by atoms with Crippen molar-refractivity contribution < 1.29 is 4.74 Å². The van der Waals surface area contributed by atoms with Crippen molar-refractivity contribution in [2.24, 2.45) is 0 Å². The lowest BCUT2D eigenvalue weighted by molar-refractivity contribution is 0.336. The first-order valence-corrected chi connectivity index (χ1v) is 10.4. The predicted molar refractivity (Wildman–Crippen MR) is 115 cm³/mol. The third kappa shape index (κ3) is 5.72. The molecule has 0 radical (unpaired) electrons. The third-order valence-corrected chi connectivity index (χ3v) is 6.13. The maximum atomic E-state index is 6.20. The first-order valence-electron chi connectivity index (χ1n) is 8.63. The quantitative estimate of drug-likeness (QED) is 0.308. The lowest BCUT2D eigenvalue weighted by Crippen LogP contribution is -2.11. The Morgan fingerprint density at radius 3 is 1.88 bits per heavy atom. The molecule has 0 aromatic heterocycles. The summed E-state index contributed by atoms with van der Waals surface area (Å²) in [4.78, 5) is 2.51. The van der Waals surface area contributed by atoms with Crippen LogP contribution in [0.2, 0.25) is 0 Å². The molecule has 26 heavy (non-hydrogen) atoms. The summed E-state index contributed by atoms with van der Waals surface area (Å²) in [5, 5.41) is 0. The summed E-state index contributed by atoms with van der Waals surface area (Å²) in [5.41, 5.74) is 1.11. The molecule has 0 saturated heterocycles. The number of allylic oxidation sites excluding steroid dienone is 1. The minimum Gasteiger partial charge on any atom is -0.491 e. The largest absolute Gasteiger partial charge is 0.491 e. The monoisotopic (exact) mass is 378 g/mol. The third-order valence-electron chi connectivity index (χ3n) is 3.66. The highest BCUT2D eigenvalue weighted by Crippen LogP contribution is 2.36. The van der Waals surface area contributed by atoms with E-state index in [1.807, 2.05) is 66.9 Å². The molecule has 0 bridgehead atoms. The SMILES string of the molecule is C/C=C/c1ccccc1OCC(Sc1ccccc1)Sc1ccccc1. The summed E-state index contributed by atoms with van der Waals surface area (Å²) in [6.45, 7) is 2.66. The van der Waals surface area contributed by atoms with Gasteiger partial charge >= 0.3 is 0 Å². The fourth-order valence-corrected chi connectivity index (χ4v) is 4.85. The molecule has 0 aliphatic heterocycles. The van der Waals surface area contributed by atoms with Crippen molar-refractivity contribution in [3.8, 4) is 5.75 Å². The van der Waals surface area contributed by atoms with E-state index in [0.29, 0.717) is 6.61 Å². The van der Waals surface area contributed by atoms with Crippen LogP contribution >= 0.6 is 23.5 Å². The molecular weight excluding hydrogens is 356 g/mol. The Morgan fingerprint density at radius 1 is 0.769 bits per heavy atom. The summed E-state index contributed by atoms with van der Waals surface area (Å²) in [7, 11) is 0. The number of hydrogen-bond donors (Lipinski definition) is 0. The molecule has 3 aromatic carbocycles. The summed E-state index contributed by atoms with van der Waals surface area (Å²) >= 11 is 3.68. The minimum atomic E-state index is 0.262. The van der Waals surface area contributed by atoms with E-state index in [9.17, 15) is 0 Å². The normalized spacial score (nSPS) is 11.2. The van der Waals surface area contributed by atoms with E-state index in [-0.39, 0.29) is 4.58 Å². The van der Waals surface area contributed by atoms with Crippen molar-refractivity contribution in [1.29, 1.82) is 0 Å². The zero-order chi connectivity index (χ0) is 18.0. The first kappa shape index (κ1) is 18.7. The van der Waals surface area contributed by atoms with Crippen LogP contribution in [0.1, 0.15) is 12.5 Å². The molecule has 0 N–H and O–H groups in total. The van der Waals surface area contributed by atoms with Gasteiger partial charge in [-0.3, -0.25) is 0 Å². The zero-order valence-corrected chi connectivity index (χ0v) is 16.4. The van der Waals surface area contributed by atoms with Crippen molar-refractivity contribution in [3.05, 3.63) is 96.6 Å². The number of ether oxygens (including phenoxy) is 1. The van der Waals surface area contributed by atoms with Gasteiger partial charge in [0, 0.05) is 15.4 Å². The van der Waals surface area contributed by atoms with E-state index in [2.05, 4.69) is 60.7 Å². The molecule has 0 amide bonds. The van der Waals surface area contributed by atoms with E-state index in [4.69, 9.17) is 4.74 Å². The maximum Gasteiger partial charge on any atom is 0.126 e. The molecule has 3 aromatic rings. The molecule has 3 rings (SSSR count). The van der Waals surface area contributed by atoms with Gasteiger partial charge in [-0.25, -0.2) is 0 Å². The Morgan fingerprint density at radius 2 is 1.31 bits per heavy atom. The van der Waals surface area contributed by atoms with Crippen molar-refractivity contribution in [2.75, 3.05) is 6.61 Å². The topological polar surface area (TPSA) is 9.23 Å². The van der Waals surface area contributed by atoms with Gasteiger partial charge in [0.1, 0.15) is 12.4 Å². The molecule has 0 atom stereocenters. The predicted octanol–water partition coefficient (Wildman–Crippen LogP) is 7.01. The molecule has 0 unspecified atom stereocenters. The van der Waals surface area contributed by atoms with Gasteiger partial charge in [0.25, 0.3) is 0 Å². The first-order chi connectivity index (χ1) is 12.8. The van der Waals surface area contributed by atoms with Crippen LogP contribution in [0.4, 0.5) is 0 Å². The van der Waals surface area contributed by atoms with Crippen LogP contribution in [0.3, 0.4) is 0 Å². The Bertz CT molecular complexity index is 774. The minimum absolute atomic E-state index is 0.262. The van der Waals surface area contributed by atoms with Gasteiger partial charge in [-0.2, -0.15) is 0 Å². The molecule has 0 spiro atoms. The molecule has 3 heteroatoms. The van der Waals surface area contributed by atoms with Crippen molar-refractivity contribution in [2.45, 2.75) is 21.3 Å². The van der Waals surface area contributed by atoms with Gasteiger partial charge in [-0.05, 0) is 37.3 Å². The molecule has 0 aliphatic carbocycles. The van der Waals surface area contributed by atoms with Crippen LogP contribution in [-0.4, -0.2) is 11.2 Å². The van der Waals surface area contributed by atoms with Crippen LogP contribution < -0.4 is 4.74 Å². The molecule has 0 saturated carbocycles. The summed E-state index contributed by atoms with van der Waals surface area (Å²) in [6, 6.07) is 29.2. The molecule has 132 valence electrons. The number of hydrogen-bond acceptors (Lipinski definition) is 3. The molecule has 0 heterocycles. The zero-order valence-electron chi connectivity index (χ0n) is 14.7. The molecule has 1 nitrogen and oxygen atoms in total.